The average molecular weight is 344 g/mol. The largest absolute Gasteiger partial charge is 0.384 e. The summed E-state index contributed by atoms with van der Waals surface area (Å²) in [5, 5.41) is 3.05. The first-order chi connectivity index (χ1) is 11.8. The summed E-state index contributed by atoms with van der Waals surface area (Å²) in [4.78, 5) is 37.1. The van der Waals surface area contributed by atoms with Gasteiger partial charge in [-0.1, -0.05) is 19.1 Å². The van der Waals surface area contributed by atoms with E-state index >= 15 is 0 Å². The third kappa shape index (κ3) is 3.50. The predicted octanol–water partition coefficient (Wildman–Crippen LogP) is 1.45. The Morgan fingerprint density at radius 3 is 2.56 bits per heavy atom. The molecule has 0 aliphatic heterocycles. The number of nitrogen functional groups attached to an aromatic ring is 1. The zero-order valence-electron chi connectivity index (χ0n) is 15.0. The van der Waals surface area contributed by atoms with Crippen LogP contribution in [-0.4, -0.2) is 21.5 Å². The van der Waals surface area contributed by atoms with E-state index in [1.807, 2.05) is 39.0 Å². The first-order valence-corrected chi connectivity index (χ1v) is 8.22. The maximum Gasteiger partial charge on any atom is 0.332 e. The second kappa shape index (κ2) is 7.38. The molecular weight excluding hydrogens is 320 g/mol. The Morgan fingerprint density at radius 1 is 1.24 bits per heavy atom. The monoisotopic (exact) mass is 344 g/mol. The highest BCUT2D eigenvalue weighted by Gasteiger charge is 2.21. The van der Waals surface area contributed by atoms with Gasteiger partial charge in [0.25, 0.3) is 5.56 Å². The molecule has 0 atom stereocenters. The molecule has 0 bridgehead atoms. The molecule has 0 aliphatic rings. The molecule has 0 aliphatic carbocycles. The molecule has 0 spiro atoms. The summed E-state index contributed by atoms with van der Waals surface area (Å²) in [7, 11) is 1.35. The minimum absolute atomic E-state index is 0.0669. The van der Waals surface area contributed by atoms with E-state index in [-0.39, 0.29) is 17.9 Å². The van der Waals surface area contributed by atoms with Crippen molar-refractivity contribution in [2.75, 3.05) is 17.6 Å². The molecule has 7 nitrogen and oxygen atoms in total. The van der Waals surface area contributed by atoms with Gasteiger partial charge in [-0.3, -0.25) is 18.7 Å². The Hall–Kier alpha value is -2.83. The standard InChI is InChI=1S/C18H24N4O3/c1-5-9-22-16(19)15(17(24)21(4)18(22)25)14(23)10-20-13-8-6-7-11(2)12(13)3/h6-8,20H,5,9-10,19H2,1-4H3. The van der Waals surface area contributed by atoms with Gasteiger partial charge in [-0.05, 0) is 37.5 Å². The normalized spacial score (nSPS) is 10.7. The van der Waals surface area contributed by atoms with E-state index in [1.165, 1.54) is 11.6 Å². The highest BCUT2D eigenvalue weighted by molar-refractivity contribution is 6.02. The van der Waals surface area contributed by atoms with Crippen molar-refractivity contribution in [3.05, 3.63) is 55.7 Å². The number of Topliss-reactive ketones (excluding diaryl/α,β-unsaturated/α-hetero) is 1. The SMILES string of the molecule is CCCn1c(N)c(C(=O)CNc2cccc(C)c2C)c(=O)n(C)c1=O. The fraction of sp³-hybridized carbons (Fsp3) is 0.389. The second-order valence-corrected chi connectivity index (χ2v) is 6.08. The number of anilines is 2. The van der Waals surface area contributed by atoms with Crippen molar-refractivity contribution >= 4 is 17.3 Å². The van der Waals surface area contributed by atoms with Crippen LogP contribution >= 0.6 is 0 Å². The minimum atomic E-state index is -0.664. The van der Waals surface area contributed by atoms with E-state index in [9.17, 15) is 14.4 Å². The molecule has 1 aromatic heterocycles. The Balaban J connectivity index is 2.38. The first-order valence-electron chi connectivity index (χ1n) is 8.22. The lowest BCUT2D eigenvalue weighted by molar-refractivity contribution is 0.100. The van der Waals surface area contributed by atoms with Crippen molar-refractivity contribution < 1.29 is 4.79 Å². The molecule has 0 fully saturated rings. The maximum atomic E-state index is 12.6. The maximum absolute atomic E-state index is 12.6. The summed E-state index contributed by atoms with van der Waals surface area (Å²) in [6, 6.07) is 5.75. The first kappa shape index (κ1) is 18.5. The van der Waals surface area contributed by atoms with Crippen LogP contribution in [0.2, 0.25) is 0 Å². The smallest absolute Gasteiger partial charge is 0.332 e. The zero-order valence-corrected chi connectivity index (χ0v) is 15.0. The van der Waals surface area contributed by atoms with Crippen LogP contribution in [0.25, 0.3) is 0 Å². The molecule has 134 valence electrons. The highest BCUT2D eigenvalue weighted by atomic mass is 16.2. The molecule has 0 saturated heterocycles. The van der Waals surface area contributed by atoms with Gasteiger partial charge >= 0.3 is 5.69 Å². The number of ketones is 1. The van der Waals surface area contributed by atoms with Crippen molar-refractivity contribution in [2.24, 2.45) is 7.05 Å². The zero-order chi connectivity index (χ0) is 18.7. The topological polar surface area (TPSA) is 99.1 Å². The van der Waals surface area contributed by atoms with Crippen LogP contribution in [0.1, 0.15) is 34.8 Å². The summed E-state index contributed by atoms with van der Waals surface area (Å²) in [6.07, 6.45) is 0.663. The van der Waals surface area contributed by atoms with Gasteiger partial charge in [0.05, 0.1) is 6.54 Å². The summed E-state index contributed by atoms with van der Waals surface area (Å²) in [5.74, 6) is -0.508. The van der Waals surface area contributed by atoms with Gasteiger partial charge in [-0.25, -0.2) is 4.79 Å². The summed E-state index contributed by atoms with van der Waals surface area (Å²) in [6.45, 7) is 6.10. The third-order valence-electron chi connectivity index (χ3n) is 4.35. The van der Waals surface area contributed by atoms with Gasteiger partial charge in [0.1, 0.15) is 11.4 Å². The summed E-state index contributed by atoms with van der Waals surface area (Å²) in [5.41, 5.74) is 7.61. The quantitative estimate of drug-likeness (QED) is 0.773. The fourth-order valence-electron chi connectivity index (χ4n) is 2.69. The third-order valence-corrected chi connectivity index (χ3v) is 4.35. The van der Waals surface area contributed by atoms with E-state index < -0.39 is 17.0 Å². The Kier molecular flexibility index (Phi) is 5.46. The van der Waals surface area contributed by atoms with E-state index in [2.05, 4.69) is 5.32 Å². The van der Waals surface area contributed by atoms with Crippen LogP contribution in [0.5, 0.6) is 0 Å². The number of hydrogen-bond donors (Lipinski definition) is 2. The van der Waals surface area contributed by atoms with Crippen LogP contribution in [0.15, 0.2) is 27.8 Å². The van der Waals surface area contributed by atoms with E-state index in [1.54, 1.807) is 0 Å². The molecule has 0 saturated carbocycles. The van der Waals surface area contributed by atoms with Crippen molar-refractivity contribution in [2.45, 2.75) is 33.7 Å². The summed E-state index contributed by atoms with van der Waals surface area (Å²) >= 11 is 0. The number of benzene rings is 1. The van der Waals surface area contributed by atoms with Crippen molar-refractivity contribution in [1.29, 1.82) is 0 Å². The number of nitrogens with one attached hydrogen (secondary N) is 1. The number of carbonyl (C=O) groups excluding carboxylic acids is 1. The van der Waals surface area contributed by atoms with E-state index in [0.717, 1.165) is 21.4 Å². The molecule has 3 N–H and O–H groups in total. The van der Waals surface area contributed by atoms with Gasteiger partial charge in [-0.2, -0.15) is 0 Å². The van der Waals surface area contributed by atoms with Crippen LogP contribution in [-0.2, 0) is 13.6 Å². The van der Waals surface area contributed by atoms with Crippen molar-refractivity contribution in [3.8, 4) is 0 Å². The number of aromatic nitrogens is 2. The number of nitrogens with zero attached hydrogens (tertiary/aromatic N) is 2. The van der Waals surface area contributed by atoms with Gasteiger partial charge in [0, 0.05) is 19.3 Å². The van der Waals surface area contributed by atoms with Crippen LogP contribution < -0.4 is 22.3 Å². The number of hydrogen-bond acceptors (Lipinski definition) is 5. The van der Waals surface area contributed by atoms with Crippen LogP contribution in [0, 0.1) is 13.8 Å². The molecule has 0 unspecified atom stereocenters. The lowest BCUT2D eigenvalue weighted by atomic mass is 10.1. The molecular formula is C18H24N4O3. The summed E-state index contributed by atoms with van der Waals surface area (Å²) < 4.78 is 2.20. The number of carbonyl (C=O) groups is 1. The van der Waals surface area contributed by atoms with E-state index in [0.29, 0.717) is 13.0 Å². The second-order valence-electron chi connectivity index (χ2n) is 6.08. The van der Waals surface area contributed by atoms with Crippen LogP contribution in [0.4, 0.5) is 11.5 Å². The minimum Gasteiger partial charge on any atom is -0.384 e. The molecule has 1 aromatic carbocycles. The Morgan fingerprint density at radius 2 is 1.92 bits per heavy atom. The Bertz CT molecular complexity index is 925. The van der Waals surface area contributed by atoms with Gasteiger partial charge in [0.15, 0.2) is 5.78 Å². The van der Waals surface area contributed by atoms with Crippen molar-refractivity contribution in [1.82, 2.24) is 9.13 Å². The van der Waals surface area contributed by atoms with Gasteiger partial charge in [-0.15, -0.1) is 0 Å². The van der Waals surface area contributed by atoms with Gasteiger partial charge in [0.2, 0.25) is 0 Å². The Labute approximate surface area is 146 Å². The lowest BCUT2D eigenvalue weighted by Gasteiger charge is -2.15. The molecule has 0 radical (unpaired) electrons. The number of rotatable bonds is 6. The average Bonchev–Trinajstić information content (AvgIpc) is 2.58. The number of aryl methyl sites for hydroxylation is 1. The molecule has 2 aromatic rings. The van der Waals surface area contributed by atoms with Crippen molar-refractivity contribution in [3.63, 3.8) is 0 Å². The molecule has 7 heteroatoms. The molecule has 1 heterocycles. The van der Waals surface area contributed by atoms with E-state index in [4.69, 9.17) is 5.73 Å². The fourth-order valence-corrected chi connectivity index (χ4v) is 2.69. The van der Waals surface area contributed by atoms with Gasteiger partial charge < -0.3 is 11.1 Å². The molecule has 2 rings (SSSR count). The predicted molar refractivity (Wildman–Crippen MR) is 99.4 cm³/mol. The highest BCUT2D eigenvalue weighted by Crippen LogP contribution is 2.18. The molecule has 0 amide bonds. The number of nitrogens with two attached hydrogens (primary N) is 1. The lowest BCUT2D eigenvalue weighted by Crippen LogP contribution is -2.43. The molecule has 25 heavy (non-hydrogen) atoms. The van der Waals surface area contributed by atoms with Crippen LogP contribution in [0.3, 0.4) is 0 Å².